The molecule has 0 aliphatic carbocycles. The van der Waals surface area contributed by atoms with E-state index < -0.39 is 0 Å². The molecule has 0 saturated carbocycles. The normalized spacial score (nSPS) is 15.3. The molecule has 1 aliphatic heterocycles. The highest BCUT2D eigenvalue weighted by Crippen LogP contribution is 2.20. The summed E-state index contributed by atoms with van der Waals surface area (Å²) >= 11 is 0. The lowest BCUT2D eigenvalue weighted by molar-refractivity contribution is -0.129. The first kappa shape index (κ1) is 13.4. The number of carbonyl (C=O) groups is 2. The Morgan fingerprint density at radius 3 is 2.37 bits per heavy atom. The van der Waals surface area contributed by atoms with Crippen LogP contribution in [0.2, 0.25) is 0 Å². The zero-order chi connectivity index (χ0) is 13.8. The molecule has 0 spiro atoms. The zero-order valence-corrected chi connectivity index (χ0v) is 11.3. The Labute approximate surface area is 113 Å². The smallest absolute Gasteiger partial charge is 0.221 e. The maximum absolute atomic E-state index is 11.3. The van der Waals surface area contributed by atoms with Gasteiger partial charge in [0.2, 0.25) is 11.8 Å². The number of carbonyl (C=O) groups excluding carboxylic acids is 2. The van der Waals surface area contributed by atoms with Crippen LogP contribution >= 0.6 is 0 Å². The van der Waals surface area contributed by atoms with Crippen LogP contribution in [0.1, 0.15) is 13.8 Å². The predicted octanol–water partition coefficient (Wildman–Crippen LogP) is 1.31. The fraction of sp³-hybridized carbons (Fsp3) is 0.429. The lowest BCUT2D eigenvalue weighted by Crippen LogP contribution is -2.48. The summed E-state index contributed by atoms with van der Waals surface area (Å²) in [5, 5.41) is 2.78. The maximum atomic E-state index is 11.3. The summed E-state index contributed by atoms with van der Waals surface area (Å²) in [5.74, 6) is 0.0604. The van der Waals surface area contributed by atoms with Crippen molar-refractivity contribution in [3.8, 4) is 0 Å². The Morgan fingerprint density at radius 1 is 1.11 bits per heavy atom. The highest BCUT2D eigenvalue weighted by molar-refractivity contribution is 5.89. The van der Waals surface area contributed by atoms with Gasteiger partial charge in [-0.15, -0.1) is 0 Å². The maximum Gasteiger partial charge on any atom is 0.221 e. The number of piperazine rings is 1. The fourth-order valence-electron chi connectivity index (χ4n) is 2.26. The van der Waals surface area contributed by atoms with Crippen LogP contribution in [-0.4, -0.2) is 42.9 Å². The molecule has 0 radical (unpaired) electrons. The van der Waals surface area contributed by atoms with Crippen LogP contribution < -0.4 is 10.2 Å². The van der Waals surface area contributed by atoms with Gasteiger partial charge in [-0.25, -0.2) is 0 Å². The van der Waals surface area contributed by atoms with Crippen LogP contribution in [0.4, 0.5) is 11.4 Å². The van der Waals surface area contributed by atoms with Crippen molar-refractivity contribution in [3.63, 3.8) is 0 Å². The Morgan fingerprint density at radius 2 is 1.79 bits per heavy atom. The lowest BCUT2D eigenvalue weighted by atomic mass is 10.2. The average Bonchev–Trinajstić information content (AvgIpc) is 2.38. The van der Waals surface area contributed by atoms with E-state index in [4.69, 9.17) is 0 Å². The molecular formula is C14H19N3O2. The molecule has 102 valence electrons. The molecule has 5 heteroatoms. The molecule has 0 bridgehead atoms. The summed E-state index contributed by atoms with van der Waals surface area (Å²) in [5.41, 5.74) is 1.88. The van der Waals surface area contributed by atoms with Gasteiger partial charge in [0.25, 0.3) is 0 Å². The number of amides is 2. The number of anilines is 2. The van der Waals surface area contributed by atoms with Crippen molar-refractivity contribution in [1.82, 2.24) is 4.90 Å². The van der Waals surface area contributed by atoms with E-state index in [0.29, 0.717) is 0 Å². The number of nitrogens with one attached hydrogen (secondary N) is 1. The van der Waals surface area contributed by atoms with Crippen molar-refractivity contribution in [2.24, 2.45) is 0 Å². The van der Waals surface area contributed by atoms with E-state index in [1.165, 1.54) is 6.92 Å². The third-order valence-corrected chi connectivity index (χ3v) is 3.26. The summed E-state index contributed by atoms with van der Waals surface area (Å²) in [6, 6.07) is 7.79. The van der Waals surface area contributed by atoms with Gasteiger partial charge in [-0.2, -0.15) is 0 Å². The number of nitrogens with zero attached hydrogens (tertiary/aromatic N) is 2. The first-order valence-electron chi connectivity index (χ1n) is 6.44. The first-order valence-corrected chi connectivity index (χ1v) is 6.44. The van der Waals surface area contributed by atoms with Gasteiger partial charge < -0.3 is 15.1 Å². The van der Waals surface area contributed by atoms with Crippen LogP contribution in [0.25, 0.3) is 0 Å². The monoisotopic (exact) mass is 261 g/mol. The summed E-state index contributed by atoms with van der Waals surface area (Å²) in [6.45, 7) is 6.25. The van der Waals surface area contributed by atoms with Crippen LogP contribution in [-0.2, 0) is 9.59 Å². The molecule has 1 heterocycles. The summed E-state index contributed by atoms with van der Waals surface area (Å²) in [7, 11) is 0. The minimum Gasteiger partial charge on any atom is -0.368 e. The SMILES string of the molecule is CC(=O)Nc1cccc(N2CCN(C(C)=O)CC2)c1. The van der Waals surface area contributed by atoms with Crippen molar-refractivity contribution >= 4 is 23.2 Å². The molecule has 2 rings (SSSR count). The zero-order valence-electron chi connectivity index (χ0n) is 11.3. The molecule has 1 saturated heterocycles. The van der Waals surface area contributed by atoms with Crippen molar-refractivity contribution in [2.45, 2.75) is 13.8 Å². The highest BCUT2D eigenvalue weighted by Gasteiger charge is 2.18. The third-order valence-electron chi connectivity index (χ3n) is 3.26. The average molecular weight is 261 g/mol. The number of hydrogen-bond acceptors (Lipinski definition) is 3. The van der Waals surface area contributed by atoms with E-state index >= 15 is 0 Å². The van der Waals surface area contributed by atoms with E-state index in [2.05, 4.69) is 10.2 Å². The van der Waals surface area contributed by atoms with E-state index in [0.717, 1.165) is 37.6 Å². The summed E-state index contributed by atoms with van der Waals surface area (Å²) in [4.78, 5) is 26.4. The predicted molar refractivity (Wildman–Crippen MR) is 75.2 cm³/mol. The highest BCUT2D eigenvalue weighted by atomic mass is 16.2. The van der Waals surface area contributed by atoms with Gasteiger partial charge in [-0.1, -0.05) is 6.07 Å². The van der Waals surface area contributed by atoms with E-state index in [9.17, 15) is 9.59 Å². The van der Waals surface area contributed by atoms with E-state index in [1.807, 2.05) is 29.2 Å². The molecule has 1 aromatic carbocycles. The van der Waals surface area contributed by atoms with Gasteiger partial charge in [0.05, 0.1) is 0 Å². The Bertz CT molecular complexity index is 479. The van der Waals surface area contributed by atoms with Crippen LogP contribution in [0.3, 0.4) is 0 Å². The minimum atomic E-state index is -0.0708. The largest absolute Gasteiger partial charge is 0.368 e. The van der Waals surface area contributed by atoms with E-state index in [-0.39, 0.29) is 11.8 Å². The van der Waals surface area contributed by atoms with Gasteiger partial charge in [0, 0.05) is 51.4 Å². The summed E-state index contributed by atoms with van der Waals surface area (Å²) in [6.07, 6.45) is 0. The lowest BCUT2D eigenvalue weighted by Gasteiger charge is -2.35. The van der Waals surface area contributed by atoms with Gasteiger partial charge in [0.1, 0.15) is 0 Å². The van der Waals surface area contributed by atoms with Crippen LogP contribution in [0.15, 0.2) is 24.3 Å². The van der Waals surface area contributed by atoms with Crippen molar-refractivity contribution in [2.75, 3.05) is 36.4 Å². The van der Waals surface area contributed by atoms with Crippen LogP contribution in [0.5, 0.6) is 0 Å². The molecular weight excluding hydrogens is 242 g/mol. The number of rotatable bonds is 2. The first-order chi connectivity index (χ1) is 9.06. The molecule has 1 N–H and O–H groups in total. The second-order valence-corrected chi connectivity index (χ2v) is 4.72. The molecule has 0 unspecified atom stereocenters. The molecule has 0 atom stereocenters. The van der Waals surface area contributed by atoms with Crippen molar-refractivity contribution < 1.29 is 9.59 Å². The molecule has 1 aromatic rings. The Hall–Kier alpha value is -2.04. The standard InChI is InChI=1S/C14H19N3O2/c1-11(18)15-13-4-3-5-14(10-13)17-8-6-16(7-9-17)12(2)19/h3-5,10H,6-9H2,1-2H3,(H,15,18). The van der Waals surface area contributed by atoms with Gasteiger partial charge in [0.15, 0.2) is 0 Å². The van der Waals surface area contributed by atoms with Crippen molar-refractivity contribution in [1.29, 1.82) is 0 Å². The summed E-state index contributed by atoms with van der Waals surface area (Å²) < 4.78 is 0. The Kier molecular flexibility index (Phi) is 4.04. The van der Waals surface area contributed by atoms with E-state index in [1.54, 1.807) is 6.92 Å². The molecule has 5 nitrogen and oxygen atoms in total. The molecule has 1 fully saturated rings. The van der Waals surface area contributed by atoms with Gasteiger partial charge in [-0.05, 0) is 18.2 Å². The van der Waals surface area contributed by atoms with Crippen molar-refractivity contribution in [3.05, 3.63) is 24.3 Å². The minimum absolute atomic E-state index is 0.0708. The second-order valence-electron chi connectivity index (χ2n) is 4.72. The molecule has 19 heavy (non-hydrogen) atoms. The molecule has 0 aromatic heterocycles. The van der Waals surface area contributed by atoms with Gasteiger partial charge >= 0.3 is 0 Å². The quantitative estimate of drug-likeness (QED) is 0.873. The van der Waals surface area contributed by atoms with Crippen LogP contribution in [0, 0.1) is 0 Å². The topological polar surface area (TPSA) is 52.7 Å². The van der Waals surface area contributed by atoms with Gasteiger partial charge in [-0.3, -0.25) is 9.59 Å². The fourth-order valence-corrected chi connectivity index (χ4v) is 2.26. The molecule has 1 aliphatic rings. The third kappa shape index (κ3) is 3.47. The molecule has 2 amide bonds. The Balaban J connectivity index is 2.03. The number of hydrogen-bond donors (Lipinski definition) is 1. The second kappa shape index (κ2) is 5.73. The number of benzene rings is 1.